The second-order valence-corrected chi connectivity index (χ2v) is 28.0. The van der Waals surface area contributed by atoms with Gasteiger partial charge in [0.05, 0.1) is 4.11 Å². The normalized spacial score (nSPS) is 13.9. The molecule has 12 rings (SSSR count). The Morgan fingerprint density at radius 1 is 0.506 bits per heavy atom. The number of thiophene rings is 1. The summed E-state index contributed by atoms with van der Waals surface area (Å²) in [4.78, 5) is 9.40. The minimum absolute atomic E-state index is 0. The van der Waals surface area contributed by atoms with Crippen LogP contribution in [0, 0.1) is 18.8 Å². The largest absolute Gasteiger partial charge is 0.509 e. The van der Waals surface area contributed by atoms with Crippen molar-refractivity contribution in [3.8, 4) is 39.6 Å². The van der Waals surface area contributed by atoms with E-state index in [1.54, 1.807) is 17.4 Å². The molecule has 11 aromatic rings. The zero-order valence-corrected chi connectivity index (χ0v) is 52.4. The van der Waals surface area contributed by atoms with Crippen LogP contribution in [-0.4, -0.2) is 9.55 Å². The first kappa shape index (κ1) is 52.1. The maximum absolute atomic E-state index is 9.69. The summed E-state index contributed by atoms with van der Waals surface area (Å²) in [6.45, 7) is 36.2. The number of nitrogens with zero attached hydrogens (tertiary/aromatic N) is 4. The summed E-state index contributed by atoms with van der Waals surface area (Å²) >= 11 is 1.63. The first-order chi connectivity index (χ1) is 39.0. The predicted molar refractivity (Wildman–Crippen MR) is 341 cm³/mol. The minimum atomic E-state index is -0.285. The molecule has 0 amide bonds. The molecule has 0 aliphatic carbocycles. The molecule has 81 heavy (non-hydrogen) atoms. The van der Waals surface area contributed by atoms with Crippen molar-refractivity contribution in [3.63, 3.8) is 0 Å². The van der Waals surface area contributed by atoms with Crippen LogP contribution < -0.4 is 14.5 Å². The summed E-state index contributed by atoms with van der Waals surface area (Å²) in [7, 11) is 0. The Labute approximate surface area is 503 Å². The molecule has 3 aromatic heterocycles. The summed E-state index contributed by atoms with van der Waals surface area (Å²) in [6.07, 6.45) is 0.120. The molecule has 0 unspecified atom stereocenters. The van der Waals surface area contributed by atoms with E-state index in [2.05, 4.69) is 223 Å². The summed E-state index contributed by atoms with van der Waals surface area (Å²) < 4.78 is 38.8. The van der Waals surface area contributed by atoms with E-state index in [4.69, 9.17) is 11.1 Å². The van der Waals surface area contributed by atoms with Gasteiger partial charge in [-0.1, -0.05) is 200 Å². The van der Waals surface area contributed by atoms with Crippen LogP contribution in [0.25, 0.3) is 70.0 Å². The number of pyridine rings is 1. The molecule has 0 saturated heterocycles. The molecule has 1 aliphatic rings. The molecule has 7 heteroatoms. The van der Waals surface area contributed by atoms with E-state index in [1.807, 2.05) is 53.1 Å². The van der Waals surface area contributed by atoms with Crippen LogP contribution in [0.4, 0.5) is 22.7 Å². The Kier molecular flexibility index (Phi) is 13.0. The van der Waals surface area contributed by atoms with Crippen molar-refractivity contribution >= 4 is 76.1 Å². The van der Waals surface area contributed by atoms with Gasteiger partial charge in [0.1, 0.15) is 5.82 Å². The van der Waals surface area contributed by atoms with Crippen molar-refractivity contribution < 1.29 is 29.9 Å². The predicted octanol–water partition coefficient (Wildman–Crippen LogP) is 21.2. The summed E-state index contributed by atoms with van der Waals surface area (Å²) in [6, 6.07) is 59.3. The molecule has 0 N–H and O–H groups in total. The number of benzene rings is 8. The van der Waals surface area contributed by atoms with Crippen molar-refractivity contribution in [2.45, 2.75) is 131 Å². The Morgan fingerprint density at radius 2 is 1.05 bits per heavy atom. The van der Waals surface area contributed by atoms with Gasteiger partial charge >= 0.3 is 0 Å². The van der Waals surface area contributed by atoms with E-state index in [0.717, 1.165) is 70.4 Å². The van der Waals surface area contributed by atoms with Crippen molar-refractivity contribution in [3.05, 3.63) is 210 Å². The monoisotopic (exact) mass is 1260 g/mol. The average molecular weight is 1260 g/mol. The number of hydrogen-bond donors (Lipinski definition) is 0. The van der Waals surface area contributed by atoms with E-state index in [1.165, 1.54) is 33.4 Å². The Morgan fingerprint density at radius 3 is 1.64 bits per heavy atom. The average Bonchev–Trinajstić information content (AvgIpc) is 1.80. The molecule has 5 nitrogen and oxygen atoms in total. The third-order valence-corrected chi connectivity index (χ3v) is 17.0. The van der Waals surface area contributed by atoms with E-state index in [9.17, 15) is 2.74 Å². The maximum Gasteiger partial charge on any atom is 0.135 e. The van der Waals surface area contributed by atoms with Crippen molar-refractivity contribution in [1.82, 2.24) is 9.55 Å². The number of hydrogen-bond acceptors (Lipinski definition) is 5. The van der Waals surface area contributed by atoms with Crippen LogP contribution >= 0.6 is 11.3 Å². The third-order valence-electron chi connectivity index (χ3n) is 15.9. The third kappa shape index (κ3) is 10.3. The molecular formula is C74H73N4OPtS-3. The Hall–Kier alpha value is -6.98. The number of fused-ring (bicyclic) bond motifs is 8. The van der Waals surface area contributed by atoms with Gasteiger partial charge < -0.3 is 19.1 Å². The maximum atomic E-state index is 9.69. The number of aromatic nitrogens is 2. The molecule has 0 spiro atoms. The SMILES string of the molecule is [2H]c1cc(C(C)(C)C)cc(-n2c3[c-]c(Oc4[c-]c(N5[CH-]N(c6c(-c7cc(C(C)(C)C)cc(C(C)(C)C)c7)cccc6-c6cc(C(C)(C)C)cc(C(C)(C)C)c6)c6ccccc65)ccc4)ccc3c3c4sc5ccccc5c4c([2H])c([2H])c32)n1.[Pt]. The minimum Gasteiger partial charge on any atom is -0.509 e. The molecule has 4 heterocycles. The van der Waals surface area contributed by atoms with Gasteiger partial charge in [0.15, 0.2) is 0 Å². The first-order valence-corrected chi connectivity index (χ1v) is 28.8. The fraction of sp³-hybridized carbons (Fsp3) is 0.270. The zero-order chi connectivity index (χ0) is 59.0. The summed E-state index contributed by atoms with van der Waals surface area (Å²) in [5.74, 6) is 1.43. The summed E-state index contributed by atoms with van der Waals surface area (Å²) in [5, 5.41) is 3.43. The molecule has 8 aromatic carbocycles. The van der Waals surface area contributed by atoms with Gasteiger partial charge in [-0.15, -0.1) is 59.4 Å². The molecule has 0 saturated carbocycles. The second kappa shape index (κ2) is 20.2. The molecular weight excluding hydrogens is 1190 g/mol. The number of rotatable bonds is 7. The van der Waals surface area contributed by atoms with Gasteiger partial charge in [0.25, 0.3) is 0 Å². The number of anilines is 4. The Bertz CT molecular complexity index is 4270. The Balaban J connectivity index is 0.00000736. The van der Waals surface area contributed by atoms with Crippen molar-refractivity contribution in [1.29, 1.82) is 0 Å². The second-order valence-electron chi connectivity index (χ2n) is 26.9. The van der Waals surface area contributed by atoms with Gasteiger partial charge in [0.2, 0.25) is 0 Å². The quantitative estimate of drug-likeness (QED) is 0.149. The van der Waals surface area contributed by atoms with Crippen LogP contribution in [0.3, 0.4) is 0 Å². The van der Waals surface area contributed by atoms with Crippen molar-refractivity contribution in [2.75, 3.05) is 9.80 Å². The van der Waals surface area contributed by atoms with Gasteiger partial charge in [0, 0.05) is 92.6 Å². The van der Waals surface area contributed by atoms with E-state index in [-0.39, 0.29) is 66.4 Å². The van der Waals surface area contributed by atoms with Gasteiger partial charge in [-0.3, -0.25) is 0 Å². The van der Waals surface area contributed by atoms with E-state index in [0.29, 0.717) is 28.4 Å². The van der Waals surface area contributed by atoms with E-state index >= 15 is 0 Å². The van der Waals surface area contributed by atoms with Gasteiger partial charge in [-0.2, -0.15) is 12.1 Å². The molecule has 414 valence electrons. The van der Waals surface area contributed by atoms with Gasteiger partial charge in [-0.05, 0) is 108 Å². The van der Waals surface area contributed by atoms with Crippen LogP contribution in [0.1, 0.15) is 136 Å². The van der Waals surface area contributed by atoms with Crippen molar-refractivity contribution in [2.24, 2.45) is 0 Å². The van der Waals surface area contributed by atoms with Crippen LogP contribution in [0.2, 0.25) is 0 Å². The number of para-hydroxylation sites is 3. The van der Waals surface area contributed by atoms with Gasteiger partial charge in [-0.25, -0.2) is 4.98 Å². The topological polar surface area (TPSA) is 33.5 Å². The molecule has 1 aliphatic heterocycles. The molecule has 0 bridgehead atoms. The molecule has 0 radical (unpaired) electrons. The number of ether oxygens (including phenoxy) is 1. The summed E-state index contributed by atoms with van der Waals surface area (Å²) in [5.41, 5.74) is 15.2. The van der Waals surface area contributed by atoms with Crippen LogP contribution in [0.15, 0.2) is 164 Å². The fourth-order valence-corrected chi connectivity index (χ4v) is 12.2. The van der Waals surface area contributed by atoms with E-state index < -0.39 is 0 Å². The van der Waals surface area contributed by atoms with Crippen LogP contribution in [-0.2, 0) is 48.1 Å². The van der Waals surface area contributed by atoms with Crippen LogP contribution in [0.5, 0.6) is 11.5 Å². The first-order valence-electron chi connectivity index (χ1n) is 29.5. The molecule has 0 fully saturated rings. The smallest absolute Gasteiger partial charge is 0.135 e. The molecule has 0 atom stereocenters. The zero-order valence-electron chi connectivity index (χ0n) is 52.4. The standard InChI is InChI=1S/C74H73N4OS.Pt/c1-70(2,3)48-34-35-75-66(42-48)78-63-33-32-59-58-24-16-19-29-65(58)80-69(59)67(63)60-31-30-55(44-64(60)78)79-54-23-20-22-53(43-54)76-45-77(62-28-18-17-27-61(62)76)68-56(46-36-49(71(4,5)6)40-50(37-46)72(7,8)9)25-21-26-57(68)47-38-51(73(10,11)12)41-52(39-47)74(13,14)15;/h16-42,45H,1-15H3;/q-3;/i32D,33D,35D;. The fourth-order valence-electron chi connectivity index (χ4n) is 11.0.